The minimum atomic E-state index is -0.225. The van der Waals surface area contributed by atoms with Crippen molar-refractivity contribution in [1.29, 1.82) is 0 Å². The molecule has 0 aliphatic rings. The average molecular weight is 431 g/mol. The first kappa shape index (κ1) is 22.6. The molecular weight excluding hydrogens is 404 g/mol. The number of nitrogens with one attached hydrogen (secondary N) is 3. The van der Waals surface area contributed by atoms with Crippen molar-refractivity contribution in [2.45, 2.75) is 13.5 Å². The van der Waals surface area contributed by atoms with Crippen molar-refractivity contribution >= 4 is 34.8 Å². The first-order valence-corrected chi connectivity index (χ1v) is 10.2. The highest BCUT2D eigenvalue weighted by molar-refractivity contribution is 5.96. The summed E-state index contributed by atoms with van der Waals surface area (Å²) in [5.74, 6) is -0.476. The van der Waals surface area contributed by atoms with E-state index in [2.05, 4.69) is 16.0 Å². The molecule has 0 bridgehead atoms. The summed E-state index contributed by atoms with van der Waals surface area (Å²) < 4.78 is 0. The number of rotatable bonds is 8. The fraction of sp³-hybridized carbons (Fsp3) is 0.160. The fourth-order valence-corrected chi connectivity index (χ4v) is 2.99. The Balaban J connectivity index is 1.50. The third-order valence-electron chi connectivity index (χ3n) is 4.88. The second-order valence-corrected chi connectivity index (χ2v) is 7.28. The summed E-state index contributed by atoms with van der Waals surface area (Å²) in [6, 6.07) is 23.7. The van der Waals surface area contributed by atoms with Crippen LogP contribution in [0.3, 0.4) is 0 Å². The van der Waals surface area contributed by atoms with E-state index in [9.17, 15) is 14.4 Å². The second-order valence-electron chi connectivity index (χ2n) is 7.28. The number of hydrogen-bond donors (Lipinski definition) is 3. The van der Waals surface area contributed by atoms with Crippen LogP contribution in [0.5, 0.6) is 0 Å². The second kappa shape index (κ2) is 10.8. The summed E-state index contributed by atoms with van der Waals surface area (Å²) in [6.07, 6.45) is 0. The minimum Gasteiger partial charge on any atom is -0.376 e. The Morgan fingerprint density at radius 2 is 1.56 bits per heavy atom. The third-order valence-corrected chi connectivity index (χ3v) is 4.88. The van der Waals surface area contributed by atoms with Gasteiger partial charge in [-0.3, -0.25) is 14.4 Å². The molecule has 0 spiro atoms. The van der Waals surface area contributed by atoms with Crippen LogP contribution >= 0.6 is 0 Å². The molecule has 0 aliphatic heterocycles. The van der Waals surface area contributed by atoms with Crippen LogP contribution in [0.1, 0.15) is 22.8 Å². The zero-order chi connectivity index (χ0) is 22.9. The van der Waals surface area contributed by atoms with E-state index in [1.165, 1.54) is 11.8 Å². The van der Waals surface area contributed by atoms with Crippen LogP contribution in [-0.4, -0.2) is 31.3 Å². The molecule has 7 heteroatoms. The van der Waals surface area contributed by atoms with E-state index in [0.717, 1.165) is 11.3 Å². The molecule has 3 amide bonds. The van der Waals surface area contributed by atoms with Crippen LogP contribution < -0.4 is 20.9 Å². The van der Waals surface area contributed by atoms with E-state index in [1.807, 2.05) is 30.3 Å². The van der Waals surface area contributed by atoms with Crippen LogP contribution in [0, 0.1) is 0 Å². The van der Waals surface area contributed by atoms with Crippen LogP contribution in [0.25, 0.3) is 0 Å². The fourth-order valence-electron chi connectivity index (χ4n) is 2.99. The lowest BCUT2D eigenvalue weighted by molar-refractivity contribution is -0.116. The van der Waals surface area contributed by atoms with Crippen molar-refractivity contribution in [3.05, 3.63) is 90.0 Å². The predicted molar refractivity (Wildman–Crippen MR) is 127 cm³/mol. The van der Waals surface area contributed by atoms with Crippen LogP contribution in [0.2, 0.25) is 0 Å². The Morgan fingerprint density at radius 1 is 0.844 bits per heavy atom. The van der Waals surface area contributed by atoms with E-state index in [-0.39, 0.29) is 24.3 Å². The van der Waals surface area contributed by atoms with Gasteiger partial charge in [-0.1, -0.05) is 36.4 Å². The van der Waals surface area contributed by atoms with E-state index in [0.29, 0.717) is 23.5 Å². The maximum Gasteiger partial charge on any atom is 0.251 e. The lowest BCUT2D eigenvalue weighted by Crippen LogP contribution is -2.24. The molecule has 3 rings (SSSR count). The summed E-state index contributed by atoms with van der Waals surface area (Å²) in [4.78, 5) is 37.6. The van der Waals surface area contributed by atoms with Gasteiger partial charge < -0.3 is 20.9 Å². The molecule has 0 saturated carbocycles. The normalized spacial score (nSPS) is 10.2. The molecule has 0 heterocycles. The SMILES string of the molecule is CC(=O)N(C)c1ccc(NC(=O)CNc2cccc(C(=O)NCc3ccccc3)c2)cc1. The molecule has 32 heavy (non-hydrogen) atoms. The van der Waals surface area contributed by atoms with Gasteiger partial charge in [-0.2, -0.15) is 0 Å². The zero-order valence-corrected chi connectivity index (χ0v) is 18.1. The standard InChI is InChI=1S/C25H26N4O3/c1-18(30)29(2)23-13-11-21(12-14-23)28-24(31)17-26-22-10-6-9-20(15-22)25(32)27-16-19-7-4-3-5-8-19/h3-15,26H,16-17H2,1-2H3,(H,27,32)(H,28,31). The van der Waals surface area contributed by atoms with Crippen molar-refractivity contribution in [3.63, 3.8) is 0 Å². The quantitative estimate of drug-likeness (QED) is 0.509. The smallest absolute Gasteiger partial charge is 0.251 e. The molecule has 3 aromatic carbocycles. The van der Waals surface area contributed by atoms with Crippen molar-refractivity contribution in [2.24, 2.45) is 0 Å². The Kier molecular flexibility index (Phi) is 7.59. The van der Waals surface area contributed by atoms with Crippen LogP contribution in [-0.2, 0) is 16.1 Å². The molecule has 0 saturated heterocycles. The molecule has 0 aliphatic carbocycles. The Hall–Kier alpha value is -4.13. The maximum absolute atomic E-state index is 12.4. The molecule has 3 aromatic rings. The van der Waals surface area contributed by atoms with Gasteiger partial charge in [-0.25, -0.2) is 0 Å². The van der Waals surface area contributed by atoms with E-state index in [1.54, 1.807) is 55.6 Å². The molecular formula is C25H26N4O3. The summed E-state index contributed by atoms with van der Waals surface area (Å²) >= 11 is 0. The zero-order valence-electron chi connectivity index (χ0n) is 18.1. The van der Waals surface area contributed by atoms with Crippen molar-refractivity contribution in [1.82, 2.24) is 5.32 Å². The van der Waals surface area contributed by atoms with Gasteiger partial charge in [0.1, 0.15) is 0 Å². The van der Waals surface area contributed by atoms with Crippen molar-refractivity contribution < 1.29 is 14.4 Å². The summed E-state index contributed by atoms with van der Waals surface area (Å²) in [5.41, 5.74) is 3.58. The van der Waals surface area contributed by atoms with Gasteiger partial charge >= 0.3 is 0 Å². The number of carbonyl (C=O) groups is 3. The van der Waals surface area contributed by atoms with E-state index in [4.69, 9.17) is 0 Å². The van der Waals surface area contributed by atoms with Crippen molar-refractivity contribution in [2.75, 3.05) is 29.1 Å². The monoisotopic (exact) mass is 430 g/mol. The molecule has 3 N–H and O–H groups in total. The number of carbonyl (C=O) groups excluding carboxylic acids is 3. The van der Waals surface area contributed by atoms with Crippen LogP contribution in [0.15, 0.2) is 78.9 Å². The highest BCUT2D eigenvalue weighted by Gasteiger charge is 2.09. The minimum absolute atomic E-state index is 0.0458. The molecule has 0 aromatic heterocycles. The highest BCUT2D eigenvalue weighted by Crippen LogP contribution is 2.17. The van der Waals surface area contributed by atoms with E-state index < -0.39 is 0 Å². The molecule has 7 nitrogen and oxygen atoms in total. The molecule has 0 radical (unpaired) electrons. The number of anilines is 3. The third kappa shape index (κ3) is 6.43. The predicted octanol–water partition coefficient (Wildman–Crippen LogP) is 3.65. The maximum atomic E-state index is 12.4. The lowest BCUT2D eigenvalue weighted by atomic mass is 10.1. The van der Waals surface area contributed by atoms with Gasteiger partial charge in [0.05, 0.1) is 6.54 Å². The van der Waals surface area contributed by atoms with Gasteiger partial charge in [0.2, 0.25) is 11.8 Å². The van der Waals surface area contributed by atoms with E-state index >= 15 is 0 Å². The average Bonchev–Trinajstić information content (AvgIpc) is 2.82. The Morgan fingerprint density at radius 3 is 2.25 bits per heavy atom. The summed E-state index contributed by atoms with van der Waals surface area (Å²) in [7, 11) is 1.69. The van der Waals surface area contributed by atoms with Crippen molar-refractivity contribution in [3.8, 4) is 0 Å². The topological polar surface area (TPSA) is 90.5 Å². The summed E-state index contributed by atoms with van der Waals surface area (Å²) in [5, 5.41) is 8.72. The summed E-state index contributed by atoms with van der Waals surface area (Å²) in [6.45, 7) is 1.98. The first-order valence-electron chi connectivity index (χ1n) is 10.2. The molecule has 0 atom stereocenters. The van der Waals surface area contributed by atoms with Gasteiger partial charge in [0, 0.05) is 43.1 Å². The Labute approximate surface area is 187 Å². The molecule has 0 fully saturated rings. The van der Waals surface area contributed by atoms with Gasteiger partial charge in [-0.15, -0.1) is 0 Å². The number of nitrogens with zero attached hydrogens (tertiary/aromatic N) is 1. The largest absolute Gasteiger partial charge is 0.376 e. The van der Waals surface area contributed by atoms with Gasteiger partial charge in [0.25, 0.3) is 5.91 Å². The number of hydrogen-bond acceptors (Lipinski definition) is 4. The first-order chi connectivity index (χ1) is 15.4. The molecule has 164 valence electrons. The highest BCUT2D eigenvalue weighted by atomic mass is 16.2. The lowest BCUT2D eigenvalue weighted by Gasteiger charge is -2.15. The number of benzene rings is 3. The van der Waals surface area contributed by atoms with Crippen LogP contribution in [0.4, 0.5) is 17.1 Å². The Bertz CT molecular complexity index is 1080. The number of amides is 3. The van der Waals surface area contributed by atoms with Gasteiger partial charge in [-0.05, 0) is 48.0 Å². The molecule has 0 unspecified atom stereocenters. The van der Waals surface area contributed by atoms with Gasteiger partial charge in [0.15, 0.2) is 0 Å².